The van der Waals surface area contributed by atoms with E-state index in [9.17, 15) is 17.8 Å². The maximum atomic E-state index is 12.3. The van der Waals surface area contributed by atoms with Crippen LogP contribution >= 0.6 is 0 Å². The van der Waals surface area contributed by atoms with E-state index >= 15 is 0 Å². The standard InChI is InChI=1S/C23H46O4S.Na.H/c1-3-5-7-9-11-13-14-16-18-20-22(24)23(28(25,26)27)21-19-17-15-12-10-8-6-4-2;;/h23H,3-21H2,1-2H3,(H,25,26,27);;/q;+1;-1. The van der Waals surface area contributed by atoms with Crippen molar-refractivity contribution >= 4 is 15.9 Å². The summed E-state index contributed by atoms with van der Waals surface area (Å²) in [5.74, 6) is -0.298. The van der Waals surface area contributed by atoms with Gasteiger partial charge in [-0.05, 0) is 12.8 Å². The Labute approximate surface area is 204 Å². The van der Waals surface area contributed by atoms with E-state index in [2.05, 4.69) is 13.8 Å². The number of hydrogen-bond acceptors (Lipinski definition) is 3. The summed E-state index contributed by atoms with van der Waals surface area (Å²) in [6.07, 6.45) is 19.8. The molecule has 1 atom stereocenters. The van der Waals surface area contributed by atoms with Crippen molar-refractivity contribution in [2.45, 2.75) is 141 Å². The number of unbranched alkanes of at least 4 members (excludes halogenated alkanes) is 15. The predicted octanol–water partition coefficient (Wildman–Crippen LogP) is 4.38. The molecule has 0 heterocycles. The molecule has 0 bridgehead atoms. The van der Waals surface area contributed by atoms with Gasteiger partial charge in [-0.15, -0.1) is 0 Å². The van der Waals surface area contributed by atoms with Crippen LogP contribution in [0.15, 0.2) is 0 Å². The average Bonchev–Trinajstić information content (AvgIpc) is 2.64. The largest absolute Gasteiger partial charge is 1.00 e. The summed E-state index contributed by atoms with van der Waals surface area (Å²) in [6, 6.07) is 0. The summed E-state index contributed by atoms with van der Waals surface area (Å²) in [4.78, 5) is 12.3. The van der Waals surface area contributed by atoms with Crippen molar-refractivity contribution in [2.24, 2.45) is 0 Å². The van der Waals surface area contributed by atoms with Gasteiger partial charge in [0.25, 0.3) is 10.1 Å². The van der Waals surface area contributed by atoms with E-state index in [1.165, 1.54) is 70.6 Å². The third kappa shape index (κ3) is 20.2. The van der Waals surface area contributed by atoms with Crippen molar-refractivity contribution in [2.75, 3.05) is 0 Å². The topological polar surface area (TPSA) is 71.4 Å². The molecule has 4 nitrogen and oxygen atoms in total. The van der Waals surface area contributed by atoms with Gasteiger partial charge in [0.05, 0.1) is 0 Å². The maximum absolute atomic E-state index is 12.3. The first-order chi connectivity index (χ1) is 13.4. The van der Waals surface area contributed by atoms with Crippen molar-refractivity contribution in [1.82, 2.24) is 0 Å². The Morgan fingerprint density at radius 3 is 1.41 bits per heavy atom. The Morgan fingerprint density at radius 2 is 1.03 bits per heavy atom. The predicted molar refractivity (Wildman–Crippen MR) is 121 cm³/mol. The molecule has 0 saturated heterocycles. The summed E-state index contributed by atoms with van der Waals surface area (Å²) < 4.78 is 32.7. The number of hydrogen-bond donors (Lipinski definition) is 1. The third-order valence-corrected chi connectivity index (χ3v) is 6.78. The van der Waals surface area contributed by atoms with E-state index in [1.54, 1.807) is 0 Å². The second-order valence-electron chi connectivity index (χ2n) is 8.31. The summed E-state index contributed by atoms with van der Waals surface area (Å²) >= 11 is 0. The molecule has 0 rings (SSSR count). The van der Waals surface area contributed by atoms with Gasteiger partial charge < -0.3 is 1.43 Å². The molecular formula is C23H47NaO4S. The fourth-order valence-electron chi connectivity index (χ4n) is 3.71. The van der Waals surface area contributed by atoms with Gasteiger partial charge >= 0.3 is 29.6 Å². The van der Waals surface area contributed by atoms with Gasteiger partial charge in [-0.3, -0.25) is 9.35 Å². The maximum Gasteiger partial charge on any atom is 1.00 e. The van der Waals surface area contributed by atoms with E-state index in [0.29, 0.717) is 6.42 Å². The second-order valence-corrected chi connectivity index (χ2v) is 9.91. The number of carbonyl (C=O) groups excluding carboxylic acids is 1. The molecule has 29 heavy (non-hydrogen) atoms. The van der Waals surface area contributed by atoms with Crippen LogP contribution in [0.5, 0.6) is 0 Å². The van der Waals surface area contributed by atoms with Crippen molar-refractivity contribution in [3.63, 3.8) is 0 Å². The number of Topliss-reactive ketones (excluding diaryl/α,β-unsaturated/α-hetero) is 1. The van der Waals surface area contributed by atoms with Gasteiger partial charge in [0, 0.05) is 6.42 Å². The first-order valence-electron chi connectivity index (χ1n) is 11.9. The summed E-state index contributed by atoms with van der Waals surface area (Å²) in [6.45, 7) is 4.41. The molecule has 1 N–H and O–H groups in total. The molecule has 0 aromatic rings. The van der Waals surface area contributed by atoms with Crippen molar-refractivity contribution in [3.05, 3.63) is 0 Å². The van der Waals surface area contributed by atoms with E-state index in [1.807, 2.05) is 0 Å². The molecular weight excluding hydrogens is 395 g/mol. The monoisotopic (exact) mass is 442 g/mol. The zero-order valence-electron chi connectivity index (χ0n) is 20.6. The van der Waals surface area contributed by atoms with Crippen LogP contribution in [0.1, 0.15) is 137 Å². The molecule has 170 valence electrons. The molecule has 0 saturated carbocycles. The van der Waals surface area contributed by atoms with Crippen molar-refractivity contribution in [3.8, 4) is 0 Å². The van der Waals surface area contributed by atoms with Crippen LogP contribution in [-0.4, -0.2) is 24.0 Å². The van der Waals surface area contributed by atoms with Gasteiger partial charge in [0.2, 0.25) is 0 Å². The Hall–Kier alpha value is 0.580. The third-order valence-electron chi connectivity index (χ3n) is 5.57. The van der Waals surface area contributed by atoms with Gasteiger partial charge in [-0.25, -0.2) is 0 Å². The average molecular weight is 443 g/mol. The van der Waals surface area contributed by atoms with Crippen LogP contribution in [0.25, 0.3) is 0 Å². The first-order valence-corrected chi connectivity index (χ1v) is 13.4. The fraction of sp³-hybridized carbons (Fsp3) is 0.957. The molecule has 0 aromatic carbocycles. The minimum Gasteiger partial charge on any atom is -1.00 e. The van der Waals surface area contributed by atoms with Gasteiger partial charge in [-0.1, -0.05) is 117 Å². The van der Waals surface area contributed by atoms with Crippen LogP contribution < -0.4 is 29.6 Å². The van der Waals surface area contributed by atoms with Gasteiger partial charge in [0.15, 0.2) is 5.78 Å². The zero-order chi connectivity index (χ0) is 21.1. The summed E-state index contributed by atoms with van der Waals surface area (Å²) in [7, 11) is -4.28. The quantitative estimate of drug-likeness (QED) is 0.163. The van der Waals surface area contributed by atoms with Crippen molar-refractivity contribution in [1.29, 1.82) is 0 Å². The van der Waals surface area contributed by atoms with E-state index in [-0.39, 0.29) is 49.6 Å². The second kappa shape index (κ2) is 21.8. The van der Waals surface area contributed by atoms with Crippen molar-refractivity contribution < 1.29 is 48.7 Å². The molecule has 0 aliphatic rings. The van der Waals surface area contributed by atoms with Crippen LogP contribution in [0.4, 0.5) is 0 Å². The molecule has 0 aromatic heterocycles. The minimum absolute atomic E-state index is 0. The minimum atomic E-state index is -4.28. The molecule has 1 unspecified atom stereocenters. The summed E-state index contributed by atoms with van der Waals surface area (Å²) in [5.41, 5.74) is 0. The van der Waals surface area contributed by atoms with Crippen LogP contribution in [-0.2, 0) is 14.9 Å². The molecule has 0 aliphatic carbocycles. The number of rotatable bonds is 21. The van der Waals surface area contributed by atoms with E-state index < -0.39 is 15.4 Å². The van der Waals surface area contributed by atoms with Crippen LogP contribution in [0.2, 0.25) is 0 Å². The molecule has 0 fully saturated rings. The Bertz CT molecular complexity index is 472. The molecule has 0 radical (unpaired) electrons. The van der Waals surface area contributed by atoms with Gasteiger partial charge in [0.1, 0.15) is 5.25 Å². The zero-order valence-corrected chi connectivity index (χ0v) is 22.4. The molecule has 0 amide bonds. The number of ketones is 1. The Kier molecular flexibility index (Phi) is 23.9. The molecule has 0 spiro atoms. The SMILES string of the molecule is CCCCCCCCCCCC(=O)C(CCCCCCCCCC)S(=O)(=O)O.[H-].[Na+]. The van der Waals surface area contributed by atoms with Crippen LogP contribution in [0, 0.1) is 0 Å². The van der Waals surface area contributed by atoms with Gasteiger partial charge in [-0.2, -0.15) is 8.42 Å². The first kappa shape index (κ1) is 31.8. The Morgan fingerprint density at radius 1 is 0.690 bits per heavy atom. The molecule has 6 heteroatoms. The van der Waals surface area contributed by atoms with E-state index in [4.69, 9.17) is 0 Å². The van der Waals surface area contributed by atoms with Crippen LogP contribution in [0.3, 0.4) is 0 Å². The summed E-state index contributed by atoms with van der Waals surface area (Å²) in [5, 5.41) is -1.21. The normalized spacial score (nSPS) is 12.5. The Balaban J connectivity index is -0.00000364. The smallest absolute Gasteiger partial charge is 1.00 e. The molecule has 0 aliphatic heterocycles. The van der Waals surface area contributed by atoms with E-state index in [0.717, 1.165) is 32.1 Å². The fourth-order valence-corrected chi connectivity index (χ4v) is 4.63. The number of carbonyl (C=O) groups is 1.